The molecule has 0 aliphatic carbocycles. The van der Waals surface area contributed by atoms with E-state index >= 15 is 0 Å². The maximum atomic E-state index is 11.8. The maximum Gasteiger partial charge on any atom is 0.276 e. The van der Waals surface area contributed by atoms with Gasteiger partial charge in [-0.05, 0) is 31.2 Å². The van der Waals surface area contributed by atoms with E-state index in [0.717, 1.165) is 6.26 Å². The largest absolute Gasteiger partial charge is 0.438 e. The van der Waals surface area contributed by atoms with E-state index < -0.39 is 14.8 Å². The molecule has 2 aromatic carbocycles. The fraction of sp³-hybridized carbons (Fsp3) is 0.125. The fourth-order valence-electron chi connectivity index (χ4n) is 2.34. The first-order valence-electron chi connectivity index (χ1n) is 7.14. The van der Waals surface area contributed by atoms with E-state index in [-0.39, 0.29) is 22.2 Å². The lowest BCUT2D eigenvalue weighted by Crippen LogP contribution is -1.99. The highest BCUT2D eigenvalue weighted by Crippen LogP contribution is 2.33. The van der Waals surface area contributed by atoms with Gasteiger partial charge in [-0.25, -0.2) is 18.4 Å². The molecule has 128 valence electrons. The zero-order valence-corrected chi connectivity index (χ0v) is 14.1. The highest BCUT2D eigenvalue weighted by atomic mass is 32.2. The lowest BCUT2D eigenvalue weighted by atomic mass is 10.2. The van der Waals surface area contributed by atoms with Crippen molar-refractivity contribution in [1.82, 2.24) is 9.97 Å². The van der Waals surface area contributed by atoms with E-state index in [1.807, 2.05) is 0 Å². The molecule has 1 heterocycles. The summed E-state index contributed by atoms with van der Waals surface area (Å²) in [6.45, 7) is 1.57. The first-order valence-corrected chi connectivity index (χ1v) is 9.03. The number of hydrogen-bond acceptors (Lipinski definition) is 7. The Kier molecular flexibility index (Phi) is 4.09. The van der Waals surface area contributed by atoms with E-state index in [4.69, 9.17) is 4.74 Å². The van der Waals surface area contributed by atoms with Crippen LogP contribution in [0, 0.1) is 17.0 Å². The molecule has 8 nitrogen and oxygen atoms in total. The summed E-state index contributed by atoms with van der Waals surface area (Å²) in [6, 6.07) is 8.89. The second kappa shape index (κ2) is 6.10. The van der Waals surface area contributed by atoms with E-state index in [2.05, 4.69) is 9.97 Å². The second-order valence-electron chi connectivity index (χ2n) is 5.39. The molecule has 0 bridgehead atoms. The average molecular weight is 359 g/mol. The highest BCUT2D eigenvalue weighted by Gasteiger charge is 2.17. The van der Waals surface area contributed by atoms with Crippen LogP contribution in [-0.2, 0) is 9.84 Å². The van der Waals surface area contributed by atoms with Crippen LogP contribution in [-0.4, -0.2) is 29.6 Å². The van der Waals surface area contributed by atoms with Crippen LogP contribution in [0.3, 0.4) is 0 Å². The molecule has 25 heavy (non-hydrogen) atoms. The summed E-state index contributed by atoms with van der Waals surface area (Å²) in [5.74, 6) is 0.387. The van der Waals surface area contributed by atoms with Crippen molar-refractivity contribution in [3.63, 3.8) is 0 Å². The van der Waals surface area contributed by atoms with Crippen LogP contribution < -0.4 is 4.74 Å². The molecular weight excluding hydrogens is 346 g/mol. The normalized spacial score (nSPS) is 11.4. The minimum absolute atomic E-state index is 0.0762. The summed E-state index contributed by atoms with van der Waals surface area (Å²) >= 11 is 0. The minimum atomic E-state index is -3.41. The van der Waals surface area contributed by atoms with Crippen molar-refractivity contribution in [3.05, 3.63) is 58.4 Å². The van der Waals surface area contributed by atoms with Crippen LogP contribution in [0.25, 0.3) is 10.9 Å². The second-order valence-corrected chi connectivity index (χ2v) is 7.41. The van der Waals surface area contributed by atoms with Gasteiger partial charge >= 0.3 is 0 Å². The fourth-order valence-corrected chi connectivity index (χ4v) is 2.99. The summed E-state index contributed by atoms with van der Waals surface area (Å²) < 4.78 is 29.3. The summed E-state index contributed by atoms with van der Waals surface area (Å²) in [5.41, 5.74) is 0.770. The van der Waals surface area contributed by atoms with Crippen molar-refractivity contribution >= 4 is 26.4 Å². The molecule has 9 heteroatoms. The van der Waals surface area contributed by atoms with Crippen LogP contribution in [0.15, 0.2) is 47.6 Å². The molecule has 0 spiro atoms. The number of sulfone groups is 1. The first-order chi connectivity index (χ1) is 11.8. The number of benzene rings is 2. The average Bonchev–Trinajstić information content (AvgIpc) is 2.55. The third-order valence-corrected chi connectivity index (χ3v) is 4.77. The van der Waals surface area contributed by atoms with Crippen LogP contribution in [0.5, 0.6) is 11.6 Å². The van der Waals surface area contributed by atoms with Crippen molar-refractivity contribution in [2.45, 2.75) is 11.8 Å². The number of fused-ring (bicyclic) bond motifs is 1. The molecule has 0 atom stereocenters. The summed E-state index contributed by atoms with van der Waals surface area (Å²) in [6.07, 6.45) is 2.38. The molecule has 0 saturated carbocycles. The number of nitro benzene ring substituents is 1. The van der Waals surface area contributed by atoms with Crippen molar-refractivity contribution in [2.24, 2.45) is 0 Å². The molecule has 0 unspecified atom stereocenters. The Morgan fingerprint density at radius 1 is 1.16 bits per heavy atom. The number of hydrogen-bond donors (Lipinski definition) is 0. The van der Waals surface area contributed by atoms with Crippen molar-refractivity contribution in [1.29, 1.82) is 0 Å². The molecule has 1 aromatic heterocycles. The molecule has 0 aliphatic rings. The molecular formula is C16H13N3O5S. The van der Waals surface area contributed by atoms with Crippen LogP contribution in [0.4, 0.5) is 5.69 Å². The number of ether oxygens (including phenoxy) is 1. The monoisotopic (exact) mass is 359 g/mol. The Hall–Kier alpha value is -3.07. The van der Waals surface area contributed by atoms with Crippen molar-refractivity contribution in [2.75, 3.05) is 6.26 Å². The maximum absolute atomic E-state index is 11.8. The highest BCUT2D eigenvalue weighted by molar-refractivity contribution is 7.90. The third kappa shape index (κ3) is 3.26. The van der Waals surface area contributed by atoms with E-state index in [9.17, 15) is 18.5 Å². The molecule has 3 rings (SSSR count). The van der Waals surface area contributed by atoms with Crippen LogP contribution in [0.1, 0.15) is 5.56 Å². The van der Waals surface area contributed by atoms with Gasteiger partial charge in [0.05, 0.1) is 26.3 Å². The van der Waals surface area contributed by atoms with Gasteiger partial charge < -0.3 is 4.74 Å². The summed E-state index contributed by atoms with van der Waals surface area (Å²) in [7, 11) is -3.41. The molecule has 0 saturated heterocycles. The Labute approximate surface area is 143 Å². The molecule has 0 N–H and O–H groups in total. The van der Waals surface area contributed by atoms with Crippen LogP contribution >= 0.6 is 0 Å². The number of aromatic nitrogens is 2. The smallest absolute Gasteiger partial charge is 0.276 e. The molecule has 0 fully saturated rings. The van der Waals surface area contributed by atoms with Gasteiger partial charge in [-0.2, -0.15) is 0 Å². The van der Waals surface area contributed by atoms with Gasteiger partial charge in [0.25, 0.3) is 5.69 Å². The van der Waals surface area contributed by atoms with Gasteiger partial charge in [-0.15, -0.1) is 0 Å². The zero-order valence-electron chi connectivity index (χ0n) is 13.3. The summed E-state index contributed by atoms with van der Waals surface area (Å²) in [4.78, 5) is 18.8. The predicted molar refractivity (Wildman–Crippen MR) is 90.6 cm³/mol. The Balaban J connectivity index is 2.14. The SMILES string of the molecule is Cc1c(Oc2ncnc3ccc(S(C)(=O)=O)cc23)cccc1[N+](=O)[O-]. The van der Waals surface area contributed by atoms with Crippen LogP contribution in [0.2, 0.25) is 0 Å². The van der Waals surface area contributed by atoms with E-state index in [1.165, 1.54) is 30.6 Å². The lowest BCUT2D eigenvalue weighted by Gasteiger charge is -2.10. The van der Waals surface area contributed by atoms with Crippen molar-refractivity contribution in [3.8, 4) is 11.6 Å². The van der Waals surface area contributed by atoms with Gasteiger partial charge in [0.1, 0.15) is 12.1 Å². The zero-order chi connectivity index (χ0) is 18.2. The molecule has 3 aromatic rings. The molecule has 0 aliphatic heterocycles. The third-order valence-electron chi connectivity index (χ3n) is 3.66. The minimum Gasteiger partial charge on any atom is -0.438 e. The van der Waals surface area contributed by atoms with Gasteiger partial charge in [-0.1, -0.05) is 6.07 Å². The number of nitro groups is 1. The van der Waals surface area contributed by atoms with Gasteiger partial charge in [0.2, 0.25) is 5.88 Å². The Bertz CT molecular complexity index is 1100. The van der Waals surface area contributed by atoms with Gasteiger partial charge in [-0.3, -0.25) is 10.1 Å². The number of rotatable bonds is 4. The number of nitrogens with zero attached hydrogens (tertiary/aromatic N) is 3. The summed E-state index contributed by atoms with van der Waals surface area (Å²) in [5, 5.41) is 11.5. The Morgan fingerprint density at radius 2 is 1.92 bits per heavy atom. The Morgan fingerprint density at radius 3 is 2.60 bits per heavy atom. The first kappa shape index (κ1) is 16.8. The quantitative estimate of drug-likeness (QED) is 0.520. The topological polar surface area (TPSA) is 112 Å². The van der Waals surface area contributed by atoms with Crippen molar-refractivity contribution < 1.29 is 18.1 Å². The van der Waals surface area contributed by atoms with E-state index in [0.29, 0.717) is 16.5 Å². The van der Waals surface area contributed by atoms with E-state index in [1.54, 1.807) is 19.1 Å². The molecule has 0 radical (unpaired) electrons. The predicted octanol–water partition coefficient (Wildman–Crippen LogP) is 3.04. The van der Waals surface area contributed by atoms with Gasteiger partial charge in [0.15, 0.2) is 9.84 Å². The molecule has 0 amide bonds. The standard InChI is InChI=1S/C16H13N3O5S/c1-10-14(19(20)21)4-3-5-15(10)24-16-12-8-11(25(2,22)23)6-7-13(12)17-9-18-16/h3-9H,1-2H3. The lowest BCUT2D eigenvalue weighted by molar-refractivity contribution is -0.385. The van der Waals surface area contributed by atoms with Gasteiger partial charge in [0, 0.05) is 12.3 Å².